The lowest BCUT2D eigenvalue weighted by molar-refractivity contribution is 0.789. The maximum atomic E-state index is 5.91. The van der Waals surface area contributed by atoms with E-state index in [2.05, 4.69) is 24.3 Å². The van der Waals surface area contributed by atoms with E-state index in [1.54, 1.807) is 4.68 Å². The van der Waals surface area contributed by atoms with Crippen LogP contribution in [-0.2, 0) is 0 Å². The van der Waals surface area contributed by atoms with Gasteiger partial charge in [0.05, 0.1) is 17.4 Å². The molecule has 0 bridgehead atoms. The van der Waals surface area contributed by atoms with Crippen LogP contribution in [0.3, 0.4) is 0 Å². The Kier molecular flexibility index (Phi) is 2.54. The molecule has 0 spiro atoms. The Morgan fingerprint density at radius 1 is 1.12 bits per heavy atom. The van der Waals surface area contributed by atoms with E-state index in [0.29, 0.717) is 10.8 Å². The van der Waals surface area contributed by atoms with E-state index < -0.39 is 0 Å². The molecule has 0 saturated heterocycles. The lowest BCUT2D eigenvalue weighted by atomic mass is 10.1. The van der Waals surface area contributed by atoms with Crippen molar-refractivity contribution in [3.63, 3.8) is 0 Å². The number of nitrogens with zero attached hydrogens (tertiary/aromatic N) is 6. The van der Waals surface area contributed by atoms with Gasteiger partial charge in [-0.05, 0) is 22.6 Å². The van der Waals surface area contributed by atoms with Crippen LogP contribution in [0.15, 0.2) is 30.6 Å². The Balaban J connectivity index is 1.99. The van der Waals surface area contributed by atoms with Crippen molar-refractivity contribution >= 4 is 23.3 Å². The molecular formula is C9H5ClN6S. The highest BCUT2D eigenvalue weighted by Crippen LogP contribution is 2.25. The Morgan fingerprint density at radius 3 is 2.53 bits per heavy atom. The van der Waals surface area contributed by atoms with Crippen LogP contribution in [0.25, 0.3) is 16.9 Å². The number of hydrogen-bond donors (Lipinski definition) is 0. The average Bonchev–Trinajstić information content (AvgIpc) is 3.00. The summed E-state index contributed by atoms with van der Waals surface area (Å²) in [4.78, 5) is 0. The van der Waals surface area contributed by atoms with Gasteiger partial charge in [0, 0.05) is 5.56 Å². The first kappa shape index (κ1) is 10.3. The van der Waals surface area contributed by atoms with Gasteiger partial charge in [-0.15, -0.1) is 5.10 Å². The fourth-order valence-electron chi connectivity index (χ4n) is 1.40. The maximum Gasteiger partial charge on any atom is 0.170 e. The molecule has 0 N–H and O–H groups in total. The predicted molar refractivity (Wildman–Crippen MR) is 63.1 cm³/mol. The van der Waals surface area contributed by atoms with E-state index in [0.717, 1.165) is 23.0 Å². The lowest BCUT2D eigenvalue weighted by Crippen LogP contribution is -1.94. The number of benzene rings is 1. The summed E-state index contributed by atoms with van der Waals surface area (Å²) >= 11 is 7.01. The zero-order chi connectivity index (χ0) is 11.7. The second-order valence-electron chi connectivity index (χ2n) is 3.20. The SMILES string of the molecule is Clc1nsnc1-c1ccc(-n2cnnn2)cc1. The van der Waals surface area contributed by atoms with Crippen LogP contribution in [0, 0.1) is 0 Å². The van der Waals surface area contributed by atoms with Crippen LogP contribution in [0.1, 0.15) is 0 Å². The Bertz CT molecular complexity index is 617. The van der Waals surface area contributed by atoms with Gasteiger partial charge < -0.3 is 0 Å². The van der Waals surface area contributed by atoms with Gasteiger partial charge in [-0.3, -0.25) is 0 Å². The molecular weight excluding hydrogens is 260 g/mol. The number of halogens is 1. The third-order valence-electron chi connectivity index (χ3n) is 2.20. The molecule has 0 radical (unpaired) electrons. The van der Waals surface area contributed by atoms with Crippen molar-refractivity contribution in [3.05, 3.63) is 35.7 Å². The smallest absolute Gasteiger partial charge is 0.170 e. The number of tetrazole rings is 1. The van der Waals surface area contributed by atoms with Gasteiger partial charge in [0.2, 0.25) is 0 Å². The van der Waals surface area contributed by atoms with Gasteiger partial charge >= 0.3 is 0 Å². The second kappa shape index (κ2) is 4.19. The molecule has 6 nitrogen and oxygen atoms in total. The molecule has 0 atom stereocenters. The standard InChI is InChI=1S/C9H5ClN6S/c10-9-8(12-17-13-9)6-1-3-7(4-2-6)16-5-11-14-15-16/h1-5H. The van der Waals surface area contributed by atoms with Crippen molar-refractivity contribution in [1.29, 1.82) is 0 Å². The summed E-state index contributed by atoms with van der Waals surface area (Å²) in [6, 6.07) is 7.59. The van der Waals surface area contributed by atoms with Crippen molar-refractivity contribution < 1.29 is 0 Å². The number of aromatic nitrogens is 6. The van der Waals surface area contributed by atoms with Crippen molar-refractivity contribution in [2.45, 2.75) is 0 Å². The summed E-state index contributed by atoms with van der Waals surface area (Å²) in [5.74, 6) is 0. The first-order valence-corrected chi connectivity index (χ1v) is 5.77. The van der Waals surface area contributed by atoms with Gasteiger partial charge in [0.25, 0.3) is 0 Å². The van der Waals surface area contributed by atoms with Crippen LogP contribution < -0.4 is 0 Å². The molecule has 0 aliphatic rings. The van der Waals surface area contributed by atoms with Gasteiger partial charge in [0.15, 0.2) is 5.15 Å². The molecule has 0 aliphatic carbocycles. The fourth-order valence-corrected chi connectivity index (χ4v) is 2.17. The summed E-state index contributed by atoms with van der Waals surface area (Å²) in [5, 5.41) is 11.4. The summed E-state index contributed by atoms with van der Waals surface area (Å²) in [7, 11) is 0. The first-order valence-electron chi connectivity index (χ1n) is 4.66. The van der Waals surface area contributed by atoms with E-state index in [4.69, 9.17) is 11.6 Å². The molecule has 84 valence electrons. The highest BCUT2D eigenvalue weighted by Gasteiger charge is 2.08. The van der Waals surface area contributed by atoms with Gasteiger partial charge in [-0.2, -0.15) is 8.75 Å². The minimum Gasteiger partial charge on any atom is -0.201 e. The van der Waals surface area contributed by atoms with E-state index in [1.807, 2.05) is 24.3 Å². The molecule has 0 fully saturated rings. The Morgan fingerprint density at radius 2 is 1.94 bits per heavy atom. The monoisotopic (exact) mass is 264 g/mol. The van der Waals surface area contributed by atoms with Crippen molar-refractivity contribution in [2.75, 3.05) is 0 Å². The zero-order valence-corrected chi connectivity index (χ0v) is 9.93. The molecule has 1 aromatic carbocycles. The topological polar surface area (TPSA) is 69.4 Å². The summed E-state index contributed by atoms with van der Waals surface area (Å²) in [5.41, 5.74) is 2.48. The van der Waals surface area contributed by atoms with E-state index in [1.165, 1.54) is 6.33 Å². The van der Waals surface area contributed by atoms with Crippen LogP contribution in [0.5, 0.6) is 0 Å². The van der Waals surface area contributed by atoms with Crippen molar-refractivity contribution in [2.24, 2.45) is 0 Å². The van der Waals surface area contributed by atoms with Gasteiger partial charge in [-0.25, -0.2) is 4.68 Å². The van der Waals surface area contributed by atoms with E-state index >= 15 is 0 Å². The van der Waals surface area contributed by atoms with E-state index in [-0.39, 0.29) is 0 Å². The molecule has 17 heavy (non-hydrogen) atoms. The number of hydrogen-bond acceptors (Lipinski definition) is 6. The molecule has 8 heteroatoms. The van der Waals surface area contributed by atoms with E-state index in [9.17, 15) is 0 Å². The minimum absolute atomic E-state index is 0.421. The normalized spacial score (nSPS) is 10.6. The highest BCUT2D eigenvalue weighted by molar-refractivity contribution is 6.99. The molecule has 3 rings (SSSR count). The molecule has 2 aromatic heterocycles. The minimum atomic E-state index is 0.421. The second-order valence-corrected chi connectivity index (χ2v) is 4.09. The summed E-state index contributed by atoms with van der Waals surface area (Å²) in [6.07, 6.45) is 1.53. The molecule has 0 unspecified atom stereocenters. The van der Waals surface area contributed by atoms with Crippen LogP contribution >= 0.6 is 23.3 Å². The third-order valence-corrected chi connectivity index (χ3v) is 3.09. The Hall–Kier alpha value is -1.86. The van der Waals surface area contributed by atoms with Crippen molar-refractivity contribution in [3.8, 4) is 16.9 Å². The van der Waals surface area contributed by atoms with Gasteiger partial charge in [0.1, 0.15) is 12.0 Å². The van der Waals surface area contributed by atoms with Gasteiger partial charge in [-0.1, -0.05) is 23.7 Å². The molecule has 0 aliphatic heterocycles. The zero-order valence-electron chi connectivity index (χ0n) is 8.36. The third kappa shape index (κ3) is 1.90. The predicted octanol–water partition coefficient (Wildman–Crippen LogP) is 1.83. The highest BCUT2D eigenvalue weighted by atomic mass is 35.5. The summed E-state index contributed by atoms with van der Waals surface area (Å²) < 4.78 is 9.63. The van der Waals surface area contributed by atoms with Crippen LogP contribution in [-0.4, -0.2) is 29.0 Å². The van der Waals surface area contributed by atoms with Crippen LogP contribution in [0.4, 0.5) is 0 Å². The quantitative estimate of drug-likeness (QED) is 0.706. The van der Waals surface area contributed by atoms with Crippen molar-refractivity contribution in [1.82, 2.24) is 29.0 Å². The number of rotatable bonds is 2. The lowest BCUT2D eigenvalue weighted by Gasteiger charge is -2.00. The summed E-state index contributed by atoms with van der Waals surface area (Å²) in [6.45, 7) is 0. The maximum absolute atomic E-state index is 5.91. The molecule has 2 heterocycles. The molecule has 0 amide bonds. The largest absolute Gasteiger partial charge is 0.201 e. The average molecular weight is 265 g/mol. The Labute approximate surface area is 105 Å². The molecule has 3 aromatic rings. The van der Waals surface area contributed by atoms with Crippen LogP contribution in [0.2, 0.25) is 5.15 Å². The fraction of sp³-hybridized carbons (Fsp3) is 0. The first-order chi connectivity index (χ1) is 8.34. The molecule has 0 saturated carbocycles.